The van der Waals surface area contributed by atoms with Crippen LogP contribution in [0.3, 0.4) is 0 Å². The number of carbonyl (C=O) groups is 5. The Morgan fingerprint density at radius 3 is 1.83 bits per heavy atom. The number of phenols is 1. The van der Waals surface area contributed by atoms with Gasteiger partial charge in [-0.1, -0.05) is 42.5 Å². The van der Waals surface area contributed by atoms with Crippen LogP contribution in [0.15, 0.2) is 54.6 Å². The molecule has 4 unspecified atom stereocenters. The van der Waals surface area contributed by atoms with Crippen molar-refractivity contribution in [3.05, 3.63) is 65.7 Å². The first-order valence-electron chi connectivity index (χ1n) is 13.7. The molecule has 0 radical (unpaired) electrons. The number of carboxylic acid groups (broad SMARTS) is 1. The molecule has 2 aromatic carbocycles. The Labute approximate surface area is 244 Å². The molecule has 4 amide bonds. The monoisotopic (exact) mass is 584 g/mol. The zero-order chi connectivity index (χ0) is 31.1. The number of carbonyl (C=O) groups excluding carboxylic acids is 4. The number of hydrogen-bond donors (Lipinski definition) is 8. The fourth-order valence-corrected chi connectivity index (χ4v) is 4.17. The third-order valence-electron chi connectivity index (χ3n) is 6.52. The van der Waals surface area contributed by atoms with Gasteiger partial charge in [0.25, 0.3) is 0 Å². The molecule has 13 heteroatoms. The molecule has 0 bridgehead atoms. The van der Waals surface area contributed by atoms with Gasteiger partial charge in [0.1, 0.15) is 23.9 Å². The third kappa shape index (κ3) is 11.9. The molecule has 13 nitrogen and oxygen atoms in total. The summed E-state index contributed by atoms with van der Waals surface area (Å²) in [5, 5.41) is 26.7. The lowest BCUT2D eigenvalue weighted by molar-refractivity contribution is -0.142. The average molecular weight is 585 g/mol. The van der Waals surface area contributed by atoms with Crippen molar-refractivity contribution >= 4 is 29.6 Å². The van der Waals surface area contributed by atoms with Crippen molar-refractivity contribution in [1.82, 2.24) is 16.0 Å². The zero-order valence-electron chi connectivity index (χ0n) is 23.3. The van der Waals surface area contributed by atoms with Crippen molar-refractivity contribution in [3.63, 3.8) is 0 Å². The Hall–Kier alpha value is -4.49. The zero-order valence-corrected chi connectivity index (χ0v) is 23.3. The molecule has 42 heavy (non-hydrogen) atoms. The summed E-state index contributed by atoms with van der Waals surface area (Å²) >= 11 is 0. The molecule has 228 valence electrons. The van der Waals surface area contributed by atoms with Crippen LogP contribution in [0.5, 0.6) is 5.75 Å². The lowest BCUT2D eigenvalue weighted by Crippen LogP contribution is -2.57. The second-order valence-corrected chi connectivity index (χ2v) is 9.98. The van der Waals surface area contributed by atoms with Crippen molar-refractivity contribution in [1.29, 1.82) is 0 Å². The van der Waals surface area contributed by atoms with Crippen molar-refractivity contribution in [2.75, 3.05) is 6.54 Å². The number of rotatable bonds is 18. The summed E-state index contributed by atoms with van der Waals surface area (Å²) in [5.41, 5.74) is 18.3. The number of aromatic hydroxyl groups is 1. The lowest BCUT2D eigenvalue weighted by Gasteiger charge is -2.25. The molecule has 0 aromatic heterocycles. The topological polar surface area (TPSA) is 240 Å². The molecule has 0 aliphatic carbocycles. The second-order valence-electron chi connectivity index (χ2n) is 9.98. The Bertz CT molecular complexity index is 1190. The molecular formula is C29H40N6O7. The minimum Gasteiger partial charge on any atom is -0.508 e. The summed E-state index contributed by atoms with van der Waals surface area (Å²) in [6.45, 7) is 0.365. The van der Waals surface area contributed by atoms with Gasteiger partial charge in [0, 0.05) is 12.8 Å². The molecule has 4 atom stereocenters. The van der Waals surface area contributed by atoms with Crippen molar-refractivity contribution in [3.8, 4) is 5.75 Å². The number of benzene rings is 2. The summed E-state index contributed by atoms with van der Waals surface area (Å²) in [5.74, 6) is -4.06. The SMILES string of the molecule is NCCCCC(NC(=O)C(N)Cc1ccc(O)cc1)C(=O)NC(CCC(N)=O)C(=O)NC(Cc1ccccc1)C(=O)O. The number of primary amides is 1. The van der Waals surface area contributed by atoms with E-state index in [1.54, 1.807) is 42.5 Å². The molecule has 0 heterocycles. The third-order valence-corrected chi connectivity index (χ3v) is 6.52. The molecule has 0 saturated heterocycles. The first-order valence-corrected chi connectivity index (χ1v) is 13.7. The van der Waals surface area contributed by atoms with E-state index in [2.05, 4.69) is 16.0 Å². The summed E-state index contributed by atoms with van der Waals surface area (Å²) in [6.07, 6.45) is 0.949. The minimum atomic E-state index is -1.30. The Balaban J connectivity index is 2.15. The highest BCUT2D eigenvalue weighted by atomic mass is 16.4. The van der Waals surface area contributed by atoms with Gasteiger partial charge in [0.05, 0.1) is 6.04 Å². The maximum Gasteiger partial charge on any atom is 0.326 e. The van der Waals surface area contributed by atoms with Crippen molar-refractivity contribution < 1.29 is 34.2 Å². The summed E-state index contributed by atoms with van der Waals surface area (Å²) < 4.78 is 0. The van der Waals surface area contributed by atoms with Crippen LogP contribution in [0, 0.1) is 0 Å². The number of nitrogens with one attached hydrogen (secondary N) is 3. The van der Waals surface area contributed by atoms with E-state index < -0.39 is 53.8 Å². The van der Waals surface area contributed by atoms with Gasteiger partial charge in [-0.25, -0.2) is 4.79 Å². The second kappa shape index (κ2) is 17.4. The van der Waals surface area contributed by atoms with Gasteiger partial charge in [0.2, 0.25) is 23.6 Å². The number of phenolic OH excluding ortho intramolecular Hbond substituents is 1. The van der Waals surface area contributed by atoms with Gasteiger partial charge in [0.15, 0.2) is 0 Å². The number of hydrogen-bond acceptors (Lipinski definition) is 8. The normalized spacial score (nSPS) is 13.7. The predicted molar refractivity (Wildman–Crippen MR) is 155 cm³/mol. The van der Waals surface area contributed by atoms with Crippen LogP contribution in [0.2, 0.25) is 0 Å². The fraction of sp³-hybridized carbons (Fsp3) is 0.414. The summed E-state index contributed by atoms with van der Waals surface area (Å²) in [4.78, 5) is 62.7. The molecule has 11 N–H and O–H groups in total. The Morgan fingerprint density at radius 1 is 0.714 bits per heavy atom. The van der Waals surface area contributed by atoms with E-state index in [0.29, 0.717) is 30.5 Å². The fourth-order valence-electron chi connectivity index (χ4n) is 4.17. The number of nitrogens with two attached hydrogens (primary N) is 3. The molecule has 2 rings (SSSR count). The maximum absolute atomic E-state index is 13.3. The van der Waals surface area contributed by atoms with E-state index in [-0.39, 0.29) is 37.9 Å². The van der Waals surface area contributed by atoms with Gasteiger partial charge in [-0.05, 0) is 61.9 Å². The number of carboxylic acids is 1. The van der Waals surface area contributed by atoms with E-state index in [1.807, 2.05) is 0 Å². The molecule has 0 spiro atoms. The van der Waals surface area contributed by atoms with Gasteiger partial charge in [-0.15, -0.1) is 0 Å². The Morgan fingerprint density at radius 2 is 1.26 bits per heavy atom. The van der Waals surface area contributed by atoms with E-state index >= 15 is 0 Å². The van der Waals surface area contributed by atoms with Crippen LogP contribution in [0.1, 0.15) is 43.2 Å². The molecular weight excluding hydrogens is 544 g/mol. The van der Waals surface area contributed by atoms with Gasteiger partial charge in [-0.2, -0.15) is 0 Å². The van der Waals surface area contributed by atoms with Crippen LogP contribution >= 0.6 is 0 Å². The van der Waals surface area contributed by atoms with E-state index in [4.69, 9.17) is 17.2 Å². The molecule has 0 aliphatic heterocycles. The van der Waals surface area contributed by atoms with Crippen LogP contribution in [-0.4, -0.2) is 70.5 Å². The quantitative estimate of drug-likeness (QED) is 0.105. The lowest BCUT2D eigenvalue weighted by atomic mass is 10.0. The smallest absolute Gasteiger partial charge is 0.326 e. The number of aliphatic carboxylic acids is 1. The van der Waals surface area contributed by atoms with Crippen LogP contribution in [-0.2, 0) is 36.8 Å². The van der Waals surface area contributed by atoms with Crippen LogP contribution < -0.4 is 33.2 Å². The number of unbranched alkanes of at least 4 members (excludes halogenated alkanes) is 1. The van der Waals surface area contributed by atoms with Gasteiger partial charge < -0.3 is 43.4 Å². The largest absolute Gasteiger partial charge is 0.508 e. The average Bonchev–Trinajstić information content (AvgIpc) is 2.95. The molecule has 0 saturated carbocycles. The number of amides is 4. The highest BCUT2D eigenvalue weighted by molar-refractivity contribution is 5.94. The standard InChI is InChI=1S/C29H40N6O7/c30-15-5-4-8-22(33-26(38)21(31)16-19-9-11-20(36)12-10-19)27(39)34-23(13-14-25(32)37)28(40)35-24(29(41)42)17-18-6-2-1-3-7-18/h1-3,6-7,9-12,21-24,36H,4-5,8,13-17,30-31H2,(H2,32,37)(H,33,38)(H,34,39)(H,35,40)(H,41,42). The first-order chi connectivity index (χ1) is 20.0. The highest BCUT2D eigenvalue weighted by Crippen LogP contribution is 2.12. The van der Waals surface area contributed by atoms with Gasteiger partial charge >= 0.3 is 5.97 Å². The predicted octanol–water partition coefficient (Wildman–Crippen LogP) is -0.562. The highest BCUT2D eigenvalue weighted by Gasteiger charge is 2.30. The van der Waals surface area contributed by atoms with Crippen LogP contribution in [0.4, 0.5) is 0 Å². The first kappa shape index (κ1) is 33.7. The van der Waals surface area contributed by atoms with E-state index in [0.717, 1.165) is 0 Å². The summed E-state index contributed by atoms with van der Waals surface area (Å²) in [7, 11) is 0. The molecule has 0 aliphatic rings. The van der Waals surface area contributed by atoms with E-state index in [1.165, 1.54) is 12.1 Å². The van der Waals surface area contributed by atoms with Crippen molar-refractivity contribution in [2.24, 2.45) is 17.2 Å². The Kier molecular flexibility index (Phi) is 13.9. The van der Waals surface area contributed by atoms with Gasteiger partial charge in [-0.3, -0.25) is 19.2 Å². The maximum atomic E-state index is 13.3. The van der Waals surface area contributed by atoms with E-state index in [9.17, 15) is 34.2 Å². The summed E-state index contributed by atoms with van der Waals surface area (Å²) in [6, 6.07) is 10.2. The molecule has 2 aromatic rings. The molecule has 0 fully saturated rings. The van der Waals surface area contributed by atoms with Crippen LogP contribution in [0.25, 0.3) is 0 Å². The minimum absolute atomic E-state index is 0.00487. The van der Waals surface area contributed by atoms with Crippen molar-refractivity contribution in [2.45, 2.75) is 69.1 Å².